The highest BCUT2D eigenvalue weighted by Gasteiger charge is 2.06. The van der Waals surface area contributed by atoms with E-state index >= 15 is 0 Å². The zero-order valence-electron chi connectivity index (χ0n) is 11.8. The van der Waals surface area contributed by atoms with E-state index in [2.05, 4.69) is 4.98 Å². The second-order valence-corrected chi connectivity index (χ2v) is 5.69. The zero-order valence-corrected chi connectivity index (χ0v) is 13.3. The Morgan fingerprint density at radius 2 is 1.86 bits per heavy atom. The van der Waals surface area contributed by atoms with Gasteiger partial charge >= 0.3 is 0 Å². The molecule has 0 unspecified atom stereocenters. The molecule has 5 heteroatoms. The molecule has 1 aromatic heterocycles. The monoisotopic (exact) mass is 330 g/mol. The van der Waals surface area contributed by atoms with Crippen molar-refractivity contribution in [2.45, 2.75) is 0 Å². The van der Waals surface area contributed by atoms with Crippen LogP contribution in [0, 0.1) is 0 Å². The van der Waals surface area contributed by atoms with Crippen molar-refractivity contribution in [1.82, 2.24) is 9.55 Å². The van der Waals surface area contributed by atoms with Crippen molar-refractivity contribution in [2.75, 3.05) is 0 Å². The number of benzene rings is 2. The molecule has 3 aromatic rings. The summed E-state index contributed by atoms with van der Waals surface area (Å²) in [6, 6.07) is 12.7. The third-order valence-electron chi connectivity index (χ3n) is 3.39. The minimum absolute atomic E-state index is 0.153. The maximum absolute atomic E-state index is 12.3. The molecule has 1 heterocycles. The molecule has 2 aromatic carbocycles. The van der Waals surface area contributed by atoms with Crippen LogP contribution in [-0.4, -0.2) is 9.55 Å². The summed E-state index contributed by atoms with van der Waals surface area (Å²) in [5.41, 5.74) is 2.57. The summed E-state index contributed by atoms with van der Waals surface area (Å²) in [6.45, 7) is 0. The van der Waals surface area contributed by atoms with E-state index in [0.29, 0.717) is 15.7 Å². The van der Waals surface area contributed by atoms with Gasteiger partial charge in [-0.1, -0.05) is 47.5 Å². The fourth-order valence-electron chi connectivity index (χ4n) is 2.22. The Morgan fingerprint density at radius 3 is 2.64 bits per heavy atom. The fourth-order valence-corrected chi connectivity index (χ4v) is 2.69. The smallest absolute Gasteiger partial charge is 0.276 e. The molecular weight excluding hydrogens is 319 g/mol. The molecule has 0 saturated carbocycles. The molecule has 0 spiro atoms. The highest BCUT2D eigenvalue weighted by Crippen LogP contribution is 2.22. The molecular formula is C17H12Cl2N2O. The van der Waals surface area contributed by atoms with Crippen molar-refractivity contribution in [2.24, 2.45) is 7.05 Å². The number of halogens is 2. The van der Waals surface area contributed by atoms with Crippen LogP contribution in [0.25, 0.3) is 23.2 Å². The Balaban J connectivity index is 2.09. The molecule has 110 valence electrons. The molecule has 3 rings (SSSR count). The summed E-state index contributed by atoms with van der Waals surface area (Å²) >= 11 is 12.0. The van der Waals surface area contributed by atoms with Crippen molar-refractivity contribution in [1.29, 1.82) is 0 Å². The van der Waals surface area contributed by atoms with E-state index in [9.17, 15) is 4.79 Å². The van der Waals surface area contributed by atoms with E-state index in [1.165, 1.54) is 0 Å². The van der Waals surface area contributed by atoms with E-state index in [-0.39, 0.29) is 5.56 Å². The molecule has 0 aliphatic heterocycles. The van der Waals surface area contributed by atoms with Gasteiger partial charge in [0.15, 0.2) is 0 Å². The summed E-state index contributed by atoms with van der Waals surface area (Å²) in [6.07, 6.45) is 3.43. The average Bonchev–Trinajstić information content (AvgIpc) is 2.51. The van der Waals surface area contributed by atoms with Crippen LogP contribution in [0.2, 0.25) is 10.0 Å². The summed E-state index contributed by atoms with van der Waals surface area (Å²) in [5, 5.41) is 1.10. The number of aryl methyl sites for hydroxylation is 1. The third-order valence-corrected chi connectivity index (χ3v) is 3.95. The first-order valence-electron chi connectivity index (χ1n) is 6.65. The predicted octanol–water partition coefficient (Wildman–Crippen LogP) is 4.41. The molecule has 0 fully saturated rings. The Kier molecular flexibility index (Phi) is 4.01. The Morgan fingerprint density at radius 1 is 1.09 bits per heavy atom. The molecule has 0 aliphatic carbocycles. The number of para-hydroxylation sites is 2. The lowest BCUT2D eigenvalue weighted by Gasteiger charge is -2.05. The molecule has 0 radical (unpaired) electrons. The number of fused-ring (bicyclic) bond motifs is 1. The molecule has 22 heavy (non-hydrogen) atoms. The molecule has 0 saturated heterocycles. The first-order valence-corrected chi connectivity index (χ1v) is 7.41. The molecule has 3 nitrogen and oxygen atoms in total. The lowest BCUT2D eigenvalue weighted by Crippen LogP contribution is -2.21. The molecule has 0 atom stereocenters. The highest BCUT2D eigenvalue weighted by atomic mass is 35.5. The number of hydrogen-bond donors (Lipinski definition) is 0. The lowest BCUT2D eigenvalue weighted by atomic mass is 10.2. The normalized spacial score (nSPS) is 11.4. The van der Waals surface area contributed by atoms with Gasteiger partial charge in [-0.2, -0.15) is 0 Å². The van der Waals surface area contributed by atoms with Crippen LogP contribution in [0.4, 0.5) is 0 Å². The van der Waals surface area contributed by atoms with Gasteiger partial charge in [0.1, 0.15) is 5.69 Å². The van der Waals surface area contributed by atoms with Crippen molar-refractivity contribution in [3.8, 4) is 0 Å². The molecule has 0 N–H and O–H groups in total. The third kappa shape index (κ3) is 2.78. The topological polar surface area (TPSA) is 34.9 Å². The SMILES string of the molecule is Cn1c(=O)c(/C=C/c2ccc(Cl)cc2Cl)nc2ccccc21. The zero-order chi connectivity index (χ0) is 15.7. The van der Waals surface area contributed by atoms with Gasteiger partial charge in [-0.3, -0.25) is 4.79 Å². The minimum Gasteiger partial charge on any atom is -0.308 e. The molecule has 0 aliphatic rings. The van der Waals surface area contributed by atoms with E-state index in [1.54, 1.807) is 42.0 Å². The van der Waals surface area contributed by atoms with Crippen molar-refractivity contribution in [3.63, 3.8) is 0 Å². The quantitative estimate of drug-likeness (QED) is 0.697. The number of aromatic nitrogens is 2. The summed E-state index contributed by atoms with van der Waals surface area (Å²) in [7, 11) is 1.74. The van der Waals surface area contributed by atoms with Gasteiger partial charge < -0.3 is 4.57 Å². The second-order valence-electron chi connectivity index (χ2n) is 4.85. The highest BCUT2D eigenvalue weighted by molar-refractivity contribution is 6.35. The van der Waals surface area contributed by atoms with E-state index in [1.807, 2.05) is 24.3 Å². The Hall–Kier alpha value is -2.10. The van der Waals surface area contributed by atoms with E-state index in [0.717, 1.165) is 16.6 Å². The van der Waals surface area contributed by atoms with Crippen molar-refractivity contribution in [3.05, 3.63) is 74.1 Å². The largest absolute Gasteiger partial charge is 0.308 e. The van der Waals surface area contributed by atoms with Gasteiger partial charge in [-0.15, -0.1) is 0 Å². The van der Waals surface area contributed by atoms with Gasteiger partial charge in [0.25, 0.3) is 5.56 Å². The van der Waals surface area contributed by atoms with Gasteiger partial charge in [-0.25, -0.2) is 4.98 Å². The number of nitrogens with zero attached hydrogens (tertiary/aromatic N) is 2. The van der Waals surface area contributed by atoms with Crippen LogP contribution in [0.3, 0.4) is 0 Å². The van der Waals surface area contributed by atoms with Crippen molar-refractivity contribution < 1.29 is 0 Å². The summed E-state index contributed by atoms with van der Waals surface area (Å²) < 4.78 is 1.59. The van der Waals surface area contributed by atoms with Gasteiger partial charge in [-0.05, 0) is 35.9 Å². The van der Waals surface area contributed by atoms with Crippen LogP contribution in [0.5, 0.6) is 0 Å². The first-order chi connectivity index (χ1) is 10.6. The lowest BCUT2D eigenvalue weighted by molar-refractivity contribution is 0.887. The average molecular weight is 331 g/mol. The number of hydrogen-bond acceptors (Lipinski definition) is 2. The van der Waals surface area contributed by atoms with Gasteiger partial charge in [0.2, 0.25) is 0 Å². The first kappa shape index (κ1) is 14.8. The summed E-state index contributed by atoms with van der Waals surface area (Å²) in [5.74, 6) is 0. The second kappa shape index (κ2) is 5.95. The van der Waals surface area contributed by atoms with Crippen LogP contribution in [-0.2, 0) is 7.05 Å². The standard InChI is InChI=1S/C17H12Cl2N2O/c1-21-16-5-3-2-4-14(16)20-15(17(21)22)9-7-11-6-8-12(18)10-13(11)19/h2-10H,1H3/b9-7+. The maximum Gasteiger partial charge on any atom is 0.276 e. The maximum atomic E-state index is 12.3. The predicted molar refractivity (Wildman–Crippen MR) is 92.4 cm³/mol. The van der Waals surface area contributed by atoms with Crippen LogP contribution in [0.15, 0.2) is 47.3 Å². The Bertz CT molecular complexity index is 945. The van der Waals surface area contributed by atoms with Crippen molar-refractivity contribution >= 4 is 46.4 Å². The van der Waals surface area contributed by atoms with E-state index < -0.39 is 0 Å². The van der Waals surface area contributed by atoms with Crippen LogP contribution >= 0.6 is 23.2 Å². The van der Waals surface area contributed by atoms with Crippen LogP contribution in [0.1, 0.15) is 11.3 Å². The fraction of sp³-hybridized carbons (Fsp3) is 0.0588. The van der Waals surface area contributed by atoms with Gasteiger partial charge in [0, 0.05) is 17.1 Å². The van der Waals surface area contributed by atoms with E-state index in [4.69, 9.17) is 23.2 Å². The van der Waals surface area contributed by atoms with Gasteiger partial charge in [0.05, 0.1) is 11.0 Å². The summed E-state index contributed by atoms with van der Waals surface area (Å²) in [4.78, 5) is 16.7. The molecule has 0 bridgehead atoms. The number of rotatable bonds is 2. The van der Waals surface area contributed by atoms with Crippen LogP contribution < -0.4 is 5.56 Å². The minimum atomic E-state index is -0.153. The Labute approximate surface area is 137 Å². The molecule has 0 amide bonds.